The Morgan fingerprint density at radius 1 is 1.06 bits per heavy atom. The van der Waals surface area contributed by atoms with Crippen molar-refractivity contribution in [3.8, 4) is 17.1 Å². The molecule has 3 heterocycles. The number of ether oxygens (including phenoxy) is 1. The number of fused-ring (bicyclic) bond motifs is 1. The fraction of sp³-hybridized carbons (Fsp3) is 0.167. The number of anilines is 1. The molecule has 0 saturated heterocycles. The molecule has 0 bridgehead atoms. The lowest BCUT2D eigenvalue weighted by Gasteiger charge is -2.08. The number of aryl methyl sites for hydroxylation is 2. The Morgan fingerprint density at radius 2 is 1.87 bits per heavy atom. The summed E-state index contributed by atoms with van der Waals surface area (Å²) >= 11 is 0. The van der Waals surface area contributed by atoms with Crippen molar-refractivity contribution in [3.05, 3.63) is 89.1 Å². The second-order valence-electron chi connectivity index (χ2n) is 7.53. The summed E-state index contributed by atoms with van der Waals surface area (Å²) in [5, 5.41) is 7.01. The van der Waals surface area contributed by atoms with Gasteiger partial charge in [0.15, 0.2) is 6.10 Å². The zero-order valence-electron chi connectivity index (χ0n) is 17.1. The van der Waals surface area contributed by atoms with Gasteiger partial charge >= 0.3 is 0 Å². The number of benzene rings is 2. The Morgan fingerprint density at radius 3 is 2.71 bits per heavy atom. The number of rotatable bonds is 4. The smallest absolute Gasteiger partial charge is 0.274 e. The maximum Gasteiger partial charge on any atom is 0.274 e. The van der Waals surface area contributed by atoms with E-state index < -0.39 is 0 Å². The number of hydrogen-bond acceptors (Lipinski definition) is 6. The zero-order chi connectivity index (χ0) is 21.4. The SMILES string of the molecule is Cc1cc2c(cc1C)OC(c1nc(-c3ccccc3NC(=O)c3ccccn3)no1)C2. The normalized spacial score (nSPS) is 14.7. The minimum atomic E-state index is -0.326. The second-order valence-corrected chi connectivity index (χ2v) is 7.53. The van der Waals surface area contributed by atoms with E-state index in [2.05, 4.69) is 40.4 Å². The molecular formula is C24H20N4O3. The van der Waals surface area contributed by atoms with E-state index in [1.54, 1.807) is 30.5 Å². The molecule has 5 rings (SSSR count). The van der Waals surface area contributed by atoms with Crippen LogP contribution in [-0.2, 0) is 6.42 Å². The molecule has 31 heavy (non-hydrogen) atoms. The molecule has 1 aliphatic heterocycles. The summed E-state index contributed by atoms with van der Waals surface area (Å²) in [6, 6.07) is 16.7. The summed E-state index contributed by atoms with van der Waals surface area (Å²) in [7, 11) is 0. The van der Waals surface area contributed by atoms with Crippen LogP contribution in [-0.4, -0.2) is 21.0 Å². The molecule has 0 saturated carbocycles. The maximum absolute atomic E-state index is 12.5. The Kier molecular flexibility index (Phi) is 4.71. The predicted octanol–water partition coefficient (Wildman–Crippen LogP) is 4.68. The van der Waals surface area contributed by atoms with E-state index in [1.807, 2.05) is 24.3 Å². The van der Waals surface area contributed by atoms with Crippen LogP contribution in [0.25, 0.3) is 11.4 Å². The van der Waals surface area contributed by atoms with Crippen LogP contribution in [0.4, 0.5) is 5.69 Å². The third-order valence-corrected chi connectivity index (χ3v) is 5.38. The molecule has 1 atom stereocenters. The van der Waals surface area contributed by atoms with Crippen LogP contribution < -0.4 is 10.1 Å². The maximum atomic E-state index is 12.5. The molecule has 0 aliphatic carbocycles. The van der Waals surface area contributed by atoms with E-state index in [0.717, 1.165) is 11.3 Å². The number of amides is 1. The van der Waals surface area contributed by atoms with Crippen molar-refractivity contribution >= 4 is 11.6 Å². The molecule has 0 spiro atoms. The first-order valence-electron chi connectivity index (χ1n) is 10.0. The highest BCUT2D eigenvalue weighted by Crippen LogP contribution is 2.38. The van der Waals surface area contributed by atoms with Crippen molar-refractivity contribution in [2.75, 3.05) is 5.32 Å². The van der Waals surface area contributed by atoms with Gasteiger partial charge in [-0.25, -0.2) is 0 Å². The van der Waals surface area contributed by atoms with Gasteiger partial charge in [-0.3, -0.25) is 9.78 Å². The highest BCUT2D eigenvalue weighted by Gasteiger charge is 2.30. The van der Waals surface area contributed by atoms with Gasteiger partial charge in [-0.05, 0) is 60.9 Å². The first-order chi connectivity index (χ1) is 15.1. The van der Waals surface area contributed by atoms with Crippen LogP contribution in [0.5, 0.6) is 5.75 Å². The summed E-state index contributed by atoms with van der Waals surface area (Å²) in [5.41, 5.74) is 5.11. The molecule has 2 aromatic carbocycles. The van der Waals surface area contributed by atoms with Crippen molar-refractivity contribution in [2.45, 2.75) is 26.4 Å². The number of nitrogens with zero attached hydrogens (tertiary/aromatic N) is 3. The van der Waals surface area contributed by atoms with E-state index in [4.69, 9.17) is 9.26 Å². The van der Waals surface area contributed by atoms with Gasteiger partial charge in [0.05, 0.1) is 5.69 Å². The number of nitrogens with one attached hydrogen (secondary N) is 1. The summed E-state index contributed by atoms with van der Waals surface area (Å²) in [6.07, 6.45) is 1.93. The van der Waals surface area contributed by atoms with Gasteiger partial charge in [0.2, 0.25) is 5.82 Å². The van der Waals surface area contributed by atoms with Crippen LogP contribution in [0.15, 0.2) is 65.3 Å². The van der Waals surface area contributed by atoms with E-state index in [-0.39, 0.29) is 12.0 Å². The summed E-state index contributed by atoms with van der Waals surface area (Å²) in [6.45, 7) is 4.15. The van der Waals surface area contributed by atoms with Crippen molar-refractivity contribution in [1.82, 2.24) is 15.1 Å². The van der Waals surface area contributed by atoms with Gasteiger partial charge in [0, 0.05) is 18.2 Å². The minimum absolute atomic E-state index is 0.308. The summed E-state index contributed by atoms with van der Waals surface area (Å²) < 4.78 is 11.6. The van der Waals surface area contributed by atoms with Gasteiger partial charge in [0.1, 0.15) is 11.4 Å². The molecular weight excluding hydrogens is 392 g/mol. The first kappa shape index (κ1) is 19.0. The first-order valence-corrected chi connectivity index (χ1v) is 10.0. The molecule has 4 aromatic rings. The highest BCUT2D eigenvalue weighted by molar-refractivity contribution is 6.04. The molecule has 1 aliphatic rings. The molecule has 7 nitrogen and oxygen atoms in total. The van der Waals surface area contributed by atoms with Crippen molar-refractivity contribution < 1.29 is 14.1 Å². The van der Waals surface area contributed by atoms with Crippen LogP contribution in [0.2, 0.25) is 0 Å². The van der Waals surface area contributed by atoms with Crippen LogP contribution in [0, 0.1) is 13.8 Å². The molecule has 2 aromatic heterocycles. The minimum Gasteiger partial charge on any atom is -0.480 e. The average molecular weight is 412 g/mol. The van der Waals surface area contributed by atoms with E-state index in [1.165, 1.54) is 11.1 Å². The third kappa shape index (κ3) is 3.66. The monoisotopic (exact) mass is 412 g/mol. The molecule has 7 heteroatoms. The van der Waals surface area contributed by atoms with Crippen molar-refractivity contribution in [1.29, 1.82) is 0 Å². The average Bonchev–Trinajstić information content (AvgIpc) is 3.42. The number of para-hydroxylation sites is 1. The number of aromatic nitrogens is 3. The Bertz CT molecular complexity index is 1240. The Hall–Kier alpha value is -4.00. The van der Waals surface area contributed by atoms with Crippen LogP contribution in [0.3, 0.4) is 0 Å². The standard InChI is InChI=1S/C24H20N4O3/c1-14-11-16-13-21(30-20(16)12-15(14)2)24-27-22(28-31-24)17-7-3-4-8-18(17)26-23(29)19-9-5-6-10-25-19/h3-12,21H,13H2,1-2H3,(H,26,29). The van der Waals surface area contributed by atoms with E-state index in [0.29, 0.717) is 35.1 Å². The van der Waals surface area contributed by atoms with Gasteiger partial charge in [0.25, 0.3) is 11.8 Å². The fourth-order valence-electron chi connectivity index (χ4n) is 3.60. The number of carbonyl (C=O) groups is 1. The van der Waals surface area contributed by atoms with Gasteiger partial charge in [-0.1, -0.05) is 29.4 Å². The third-order valence-electron chi connectivity index (χ3n) is 5.38. The fourth-order valence-corrected chi connectivity index (χ4v) is 3.60. The number of carbonyl (C=O) groups excluding carboxylic acids is 1. The Labute approximate surface area is 179 Å². The van der Waals surface area contributed by atoms with Crippen molar-refractivity contribution in [3.63, 3.8) is 0 Å². The second kappa shape index (κ2) is 7.68. The lowest BCUT2D eigenvalue weighted by molar-refractivity contribution is 0.102. The molecule has 1 unspecified atom stereocenters. The topological polar surface area (TPSA) is 90.1 Å². The number of hydrogen-bond donors (Lipinski definition) is 1. The van der Waals surface area contributed by atoms with Gasteiger partial charge in [-0.2, -0.15) is 4.98 Å². The highest BCUT2D eigenvalue weighted by atomic mass is 16.5. The molecule has 0 fully saturated rings. The van der Waals surface area contributed by atoms with E-state index >= 15 is 0 Å². The quantitative estimate of drug-likeness (QED) is 0.524. The molecule has 1 N–H and O–H groups in total. The summed E-state index contributed by atoms with van der Waals surface area (Å²) in [5.74, 6) is 1.35. The van der Waals surface area contributed by atoms with Gasteiger partial charge < -0.3 is 14.6 Å². The zero-order valence-corrected chi connectivity index (χ0v) is 17.1. The molecule has 154 valence electrons. The van der Waals surface area contributed by atoms with Crippen LogP contribution >= 0.6 is 0 Å². The predicted molar refractivity (Wildman–Crippen MR) is 115 cm³/mol. The lowest BCUT2D eigenvalue weighted by atomic mass is 10.0. The molecule has 1 amide bonds. The van der Waals surface area contributed by atoms with Crippen molar-refractivity contribution in [2.24, 2.45) is 0 Å². The largest absolute Gasteiger partial charge is 0.480 e. The lowest BCUT2D eigenvalue weighted by Crippen LogP contribution is -2.14. The van der Waals surface area contributed by atoms with E-state index in [9.17, 15) is 4.79 Å². The molecule has 0 radical (unpaired) electrons. The Balaban J connectivity index is 1.39. The van der Waals surface area contributed by atoms with Gasteiger partial charge in [-0.15, -0.1) is 0 Å². The summed E-state index contributed by atoms with van der Waals surface area (Å²) in [4.78, 5) is 21.2. The number of pyridine rings is 1. The van der Waals surface area contributed by atoms with Crippen LogP contribution in [0.1, 0.15) is 39.2 Å².